The second-order valence-corrected chi connectivity index (χ2v) is 8.86. The fraction of sp³-hybridized carbons (Fsp3) is 0.778. The highest BCUT2D eigenvalue weighted by Gasteiger charge is 2.43. The van der Waals surface area contributed by atoms with E-state index >= 15 is 0 Å². The number of carbonyl (C=O) groups excluding carboxylic acids is 6. The number of rotatable bonds is 19. The van der Waals surface area contributed by atoms with Gasteiger partial charge < -0.3 is 33.5 Å². The molecule has 13 nitrogen and oxygen atoms in total. The summed E-state index contributed by atoms with van der Waals surface area (Å²) in [6, 6.07) is 0. The third kappa shape index (κ3) is 22.7. The topological polar surface area (TPSA) is 178 Å². The van der Waals surface area contributed by atoms with E-state index in [-0.39, 0.29) is 33.0 Å². The fourth-order valence-corrected chi connectivity index (χ4v) is 2.66. The number of esters is 6. The highest BCUT2D eigenvalue weighted by Crippen LogP contribution is 2.20. The molecular weight excluding hydrogens is 532 g/mol. The Bertz CT molecular complexity index is 736. The van der Waals surface area contributed by atoms with Crippen molar-refractivity contribution >= 4 is 35.8 Å². The van der Waals surface area contributed by atoms with Gasteiger partial charge in [0.1, 0.15) is 13.2 Å². The number of hydrogen-bond acceptors (Lipinski definition) is 13. The van der Waals surface area contributed by atoms with Gasteiger partial charge in [-0.2, -0.15) is 0 Å². The Hall–Kier alpha value is -3.22. The van der Waals surface area contributed by atoms with Crippen molar-refractivity contribution in [2.75, 3.05) is 33.0 Å². The van der Waals surface area contributed by atoms with Crippen molar-refractivity contribution in [3.05, 3.63) is 0 Å². The van der Waals surface area contributed by atoms with Crippen LogP contribution in [-0.2, 0) is 57.2 Å². The second kappa shape index (κ2) is 23.6. The van der Waals surface area contributed by atoms with Gasteiger partial charge >= 0.3 is 35.8 Å². The van der Waals surface area contributed by atoms with Crippen LogP contribution in [0.3, 0.4) is 0 Å². The maximum atomic E-state index is 12.2. The molecule has 0 rings (SSSR count). The standard InChI is InChI=1S/C18H32O7.C9H14O6/c1-4-7-10-23-15(19)13-18(22,17(21)25-12-9-6-3)14-16(20)24-11-8-5-2;1-6(10)13-4-9(15-8(3)12)5-14-7(2)11/h22H,4-14H2,1-3H3;9H,4-5H2,1-3H3. The second-order valence-electron chi connectivity index (χ2n) is 8.86. The Morgan fingerprint density at radius 1 is 0.600 bits per heavy atom. The number of aliphatic hydroxyl groups is 1. The van der Waals surface area contributed by atoms with Gasteiger partial charge in [-0.1, -0.05) is 40.0 Å². The summed E-state index contributed by atoms with van der Waals surface area (Å²) in [4.78, 5) is 67.6. The predicted molar refractivity (Wildman–Crippen MR) is 141 cm³/mol. The van der Waals surface area contributed by atoms with Gasteiger partial charge in [-0.3, -0.25) is 24.0 Å². The Labute approximate surface area is 236 Å². The van der Waals surface area contributed by atoms with Crippen LogP contribution in [0.5, 0.6) is 0 Å². The summed E-state index contributed by atoms with van der Waals surface area (Å²) < 4.78 is 29.0. The number of hydrogen-bond donors (Lipinski definition) is 1. The molecule has 0 aromatic carbocycles. The lowest BCUT2D eigenvalue weighted by atomic mass is 9.95. The first-order valence-electron chi connectivity index (χ1n) is 13.5. The number of unbranched alkanes of at least 4 members (excludes halogenated alkanes) is 3. The number of carbonyl (C=O) groups is 6. The molecular formula is C27H46O13. The van der Waals surface area contributed by atoms with Crippen LogP contribution in [0.2, 0.25) is 0 Å². The van der Waals surface area contributed by atoms with Crippen LogP contribution in [0, 0.1) is 0 Å². The molecule has 0 aliphatic rings. The van der Waals surface area contributed by atoms with E-state index in [0.29, 0.717) is 19.3 Å². The zero-order chi connectivity index (χ0) is 31.0. The first-order valence-corrected chi connectivity index (χ1v) is 13.5. The van der Waals surface area contributed by atoms with Crippen molar-refractivity contribution in [3.8, 4) is 0 Å². The molecule has 0 fully saturated rings. The van der Waals surface area contributed by atoms with Crippen LogP contribution in [0.4, 0.5) is 0 Å². The van der Waals surface area contributed by atoms with E-state index in [1.807, 2.05) is 20.8 Å². The van der Waals surface area contributed by atoms with Crippen LogP contribution in [0.15, 0.2) is 0 Å². The molecule has 0 heterocycles. The fourth-order valence-electron chi connectivity index (χ4n) is 2.66. The minimum absolute atomic E-state index is 0.118. The van der Waals surface area contributed by atoms with Gasteiger partial charge in [0.15, 0.2) is 11.7 Å². The number of ether oxygens (including phenoxy) is 6. The van der Waals surface area contributed by atoms with Gasteiger partial charge in [0, 0.05) is 20.8 Å². The third-order valence-corrected chi connectivity index (χ3v) is 4.78. The molecule has 0 aromatic rings. The quantitative estimate of drug-likeness (QED) is 0.134. The van der Waals surface area contributed by atoms with Crippen LogP contribution in [0.1, 0.15) is 92.9 Å². The maximum Gasteiger partial charge on any atom is 0.339 e. The monoisotopic (exact) mass is 578 g/mol. The summed E-state index contributed by atoms with van der Waals surface area (Å²) in [6.07, 6.45) is 2.48. The minimum atomic E-state index is -2.26. The van der Waals surface area contributed by atoms with Crippen LogP contribution < -0.4 is 0 Å². The van der Waals surface area contributed by atoms with Crippen LogP contribution >= 0.6 is 0 Å². The minimum Gasteiger partial charge on any atom is -0.466 e. The molecule has 0 amide bonds. The molecule has 0 atom stereocenters. The molecule has 0 bridgehead atoms. The Morgan fingerprint density at radius 3 is 1.30 bits per heavy atom. The Balaban J connectivity index is 0. The van der Waals surface area contributed by atoms with Crippen LogP contribution in [0.25, 0.3) is 0 Å². The largest absolute Gasteiger partial charge is 0.466 e. The van der Waals surface area contributed by atoms with E-state index in [9.17, 15) is 33.9 Å². The normalized spacial score (nSPS) is 10.5. The van der Waals surface area contributed by atoms with Gasteiger partial charge in [-0.25, -0.2) is 4.79 Å². The lowest BCUT2D eigenvalue weighted by molar-refractivity contribution is -0.178. The van der Waals surface area contributed by atoms with E-state index < -0.39 is 60.4 Å². The van der Waals surface area contributed by atoms with E-state index in [0.717, 1.165) is 19.3 Å². The predicted octanol–water partition coefficient (Wildman–Crippen LogP) is 2.57. The lowest BCUT2D eigenvalue weighted by Crippen LogP contribution is -2.45. The first-order chi connectivity index (χ1) is 18.8. The lowest BCUT2D eigenvalue weighted by Gasteiger charge is -2.24. The van der Waals surface area contributed by atoms with Crippen LogP contribution in [-0.4, -0.2) is 85.7 Å². The molecule has 232 valence electrons. The van der Waals surface area contributed by atoms with E-state index in [2.05, 4.69) is 9.47 Å². The average molecular weight is 579 g/mol. The maximum absolute atomic E-state index is 12.2. The highest BCUT2D eigenvalue weighted by molar-refractivity contribution is 5.90. The summed E-state index contributed by atoms with van der Waals surface area (Å²) in [6.45, 7) is 9.79. The molecule has 0 unspecified atom stereocenters. The van der Waals surface area contributed by atoms with Gasteiger partial charge in [-0.15, -0.1) is 0 Å². The summed E-state index contributed by atoms with van der Waals surface area (Å²) in [5.41, 5.74) is -2.26. The molecule has 0 aliphatic carbocycles. The smallest absolute Gasteiger partial charge is 0.339 e. The Kier molecular flexibility index (Phi) is 23.0. The van der Waals surface area contributed by atoms with E-state index in [4.69, 9.17) is 18.9 Å². The molecule has 13 heteroatoms. The summed E-state index contributed by atoms with van der Waals surface area (Å²) >= 11 is 0. The van der Waals surface area contributed by atoms with Crippen molar-refractivity contribution in [1.29, 1.82) is 0 Å². The Morgan fingerprint density at radius 2 is 0.975 bits per heavy atom. The van der Waals surface area contributed by atoms with Crippen molar-refractivity contribution in [3.63, 3.8) is 0 Å². The summed E-state index contributed by atoms with van der Waals surface area (Å²) in [5, 5.41) is 10.6. The van der Waals surface area contributed by atoms with Crippen molar-refractivity contribution < 1.29 is 62.3 Å². The highest BCUT2D eigenvalue weighted by atomic mass is 16.6. The van der Waals surface area contributed by atoms with Crippen molar-refractivity contribution in [1.82, 2.24) is 0 Å². The molecule has 40 heavy (non-hydrogen) atoms. The summed E-state index contributed by atoms with van der Waals surface area (Å²) in [5.74, 6) is -4.00. The molecule has 0 radical (unpaired) electrons. The average Bonchev–Trinajstić information content (AvgIpc) is 2.86. The van der Waals surface area contributed by atoms with Gasteiger partial charge in [0.05, 0.1) is 32.7 Å². The van der Waals surface area contributed by atoms with Crippen molar-refractivity contribution in [2.45, 2.75) is 105 Å². The van der Waals surface area contributed by atoms with E-state index in [1.54, 1.807) is 0 Å². The molecule has 1 N–H and O–H groups in total. The molecule has 0 aliphatic heterocycles. The zero-order valence-corrected chi connectivity index (χ0v) is 24.6. The first kappa shape index (κ1) is 38.9. The van der Waals surface area contributed by atoms with Gasteiger partial charge in [0.25, 0.3) is 0 Å². The summed E-state index contributed by atoms with van der Waals surface area (Å²) in [7, 11) is 0. The molecule has 0 saturated carbocycles. The zero-order valence-electron chi connectivity index (χ0n) is 24.6. The third-order valence-electron chi connectivity index (χ3n) is 4.78. The molecule has 0 aromatic heterocycles. The van der Waals surface area contributed by atoms with E-state index in [1.165, 1.54) is 20.8 Å². The molecule has 0 spiro atoms. The SMILES string of the molecule is CC(=O)OCC(COC(C)=O)OC(C)=O.CCCCOC(=O)CC(O)(CC(=O)OCCCC)C(=O)OCCCC. The van der Waals surface area contributed by atoms with Gasteiger partial charge in [-0.05, 0) is 19.3 Å². The van der Waals surface area contributed by atoms with Gasteiger partial charge in [0.2, 0.25) is 0 Å². The van der Waals surface area contributed by atoms with Crippen molar-refractivity contribution in [2.24, 2.45) is 0 Å². The molecule has 0 saturated heterocycles.